The van der Waals surface area contributed by atoms with E-state index in [1.165, 1.54) is 0 Å². The molecule has 152 valence electrons. The van der Waals surface area contributed by atoms with E-state index in [1.807, 2.05) is 0 Å². The fraction of sp³-hybridized carbons (Fsp3) is 0.238. The van der Waals surface area contributed by atoms with Crippen molar-refractivity contribution in [3.05, 3.63) is 82.6 Å². The van der Waals surface area contributed by atoms with Crippen LogP contribution in [-0.2, 0) is 19.7 Å². The smallest absolute Gasteiger partial charge is 0.203 e. The molecular weight excluding hydrogens is 540 g/mol. The number of alkyl halides is 2. The minimum atomic E-state index is -3.67. The number of hydrogen-bond donors (Lipinski definition) is 0. The van der Waals surface area contributed by atoms with E-state index in [0.717, 1.165) is 0 Å². The highest BCUT2D eigenvalue weighted by atomic mass is 79.9. The molecule has 0 saturated heterocycles. The lowest BCUT2D eigenvalue weighted by Crippen LogP contribution is -2.37. The standard InChI is InChI=1S/C21H18Br2O4S2/c22-20-15-11-14(12-18(20)28(24,25)16-7-3-1-4-8-16)21(23)19(13-15)29(26,27)17-9-5-2-6-10-17/h1-10,12-15,20-21H,11H2/t14-,15-,20+,21+/m0/s1. The van der Waals surface area contributed by atoms with Crippen LogP contribution in [0, 0.1) is 11.8 Å². The molecule has 2 aliphatic rings. The third kappa shape index (κ3) is 3.69. The average molecular weight is 558 g/mol. The molecule has 2 bridgehead atoms. The van der Waals surface area contributed by atoms with Gasteiger partial charge in [0, 0.05) is 0 Å². The van der Waals surface area contributed by atoms with Gasteiger partial charge in [-0.05, 0) is 42.5 Å². The van der Waals surface area contributed by atoms with Crippen molar-refractivity contribution >= 4 is 51.5 Å². The van der Waals surface area contributed by atoms with E-state index >= 15 is 0 Å². The van der Waals surface area contributed by atoms with E-state index in [9.17, 15) is 16.8 Å². The van der Waals surface area contributed by atoms with Gasteiger partial charge < -0.3 is 0 Å². The van der Waals surface area contributed by atoms with E-state index < -0.39 is 29.3 Å². The lowest BCUT2D eigenvalue weighted by Gasteiger charge is -2.38. The molecule has 0 N–H and O–H groups in total. The summed E-state index contributed by atoms with van der Waals surface area (Å²) >= 11 is 7.09. The third-order valence-electron chi connectivity index (χ3n) is 5.32. The molecule has 0 spiro atoms. The normalized spacial score (nSPS) is 27.1. The van der Waals surface area contributed by atoms with Crippen LogP contribution in [0.25, 0.3) is 0 Å². The maximum Gasteiger partial charge on any atom is 0.203 e. The minimum Gasteiger partial charge on any atom is -0.219 e. The SMILES string of the molecule is O=S(=O)(C1=C[C@@H]2C[C@@H](C=C(S(=O)(=O)c3ccccc3)[C@@H]2Br)[C@H]1Br)c1ccccc1. The highest BCUT2D eigenvalue weighted by molar-refractivity contribution is 9.10. The number of rotatable bonds is 4. The summed E-state index contributed by atoms with van der Waals surface area (Å²) in [4.78, 5) is 0.101. The summed E-state index contributed by atoms with van der Waals surface area (Å²) in [7, 11) is -7.33. The van der Waals surface area contributed by atoms with Crippen molar-refractivity contribution in [2.45, 2.75) is 25.9 Å². The highest BCUT2D eigenvalue weighted by Crippen LogP contribution is 2.48. The summed E-state index contributed by atoms with van der Waals surface area (Å²) < 4.78 is 52.7. The van der Waals surface area contributed by atoms with Crippen molar-refractivity contribution in [2.75, 3.05) is 0 Å². The molecular formula is C21H18Br2O4S2. The van der Waals surface area contributed by atoms with Gasteiger partial charge >= 0.3 is 0 Å². The second-order valence-electron chi connectivity index (χ2n) is 7.14. The van der Waals surface area contributed by atoms with Crippen LogP contribution in [0.2, 0.25) is 0 Å². The van der Waals surface area contributed by atoms with Crippen molar-refractivity contribution < 1.29 is 16.8 Å². The third-order valence-corrected chi connectivity index (χ3v) is 12.1. The van der Waals surface area contributed by atoms with Gasteiger partial charge in [0.15, 0.2) is 0 Å². The monoisotopic (exact) mass is 556 g/mol. The summed E-state index contributed by atoms with van der Waals surface area (Å²) in [6, 6.07) is 16.6. The maximum atomic E-state index is 13.2. The van der Waals surface area contributed by atoms with E-state index in [4.69, 9.17) is 0 Å². The number of fused-ring (bicyclic) bond motifs is 2. The molecule has 0 unspecified atom stereocenters. The van der Waals surface area contributed by atoms with Crippen molar-refractivity contribution in [1.82, 2.24) is 0 Å². The summed E-state index contributed by atoms with van der Waals surface area (Å²) in [5.74, 6) is -0.471. The van der Waals surface area contributed by atoms with Crippen molar-refractivity contribution in [2.24, 2.45) is 11.8 Å². The number of sulfone groups is 2. The zero-order valence-electron chi connectivity index (χ0n) is 15.2. The molecule has 2 aromatic carbocycles. The first-order valence-corrected chi connectivity index (χ1v) is 13.8. The van der Waals surface area contributed by atoms with Crippen LogP contribution in [0.15, 0.2) is 92.4 Å². The van der Waals surface area contributed by atoms with Gasteiger partial charge in [-0.1, -0.05) is 80.4 Å². The molecule has 8 heteroatoms. The Morgan fingerprint density at radius 1 is 0.621 bits per heavy atom. The molecule has 4 nitrogen and oxygen atoms in total. The number of hydrogen-bond acceptors (Lipinski definition) is 4. The number of halogens is 2. The first-order chi connectivity index (χ1) is 13.7. The zero-order valence-corrected chi connectivity index (χ0v) is 20.0. The second kappa shape index (κ2) is 7.80. The van der Waals surface area contributed by atoms with E-state index in [2.05, 4.69) is 31.9 Å². The highest BCUT2D eigenvalue weighted by Gasteiger charge is 2.44. The molecule has 29 heavy (non-hydrogen) atoms. The number of allylic oxidation sites excluding steroid dienone is 4. The number of benzene rings is 2. The fourth-order valence-corrected chi connectivity index (χ4v) is 9.58. The van der Waals surface area contributed by atoms with Crippen LogP contribution >= 0.6 is 31.9 Å². The van der Waals surface area contributed by atoms with Crippen molar-refractivity contribution in [1.29, 1.82) is 0 Å². The Morgan fingerprint density at radius 3 is 1.31 bits per heavy atom. The first-order valence-electron chi connectivity index (χ1n) is 9.05. The Balaban J connectivity index is 1.75. The summed E-state index contributed by atoms with van der Waals surface area (Å²) in [5.41, 5.74) is 0. The molecule has 0 radical (unpaired) electrons. The van der Waals surface area contributed by atoms with Crippen LogP contribution in [0.1, 0.15) is 6.42 Å². The average Bonchev–Trinajstić information content (AvgIpc) is 2.73. The predicted molar refractivity (Wildman–Crippen MR) is 120 cm³/mol. The maximum absolute atomic E-state index is 13.2. The Morgan fingerprint density at radius 2 is 0.966 bits per heavy atom. The van der Waals surface area contributed by atoms with Crippen LogP contribution in [0.3, 0.4) is 0 Å². The van der Waals surface area contributed by atoms with Gasteiger partial charge in [-0.25, -0.2) is 16.8 Å². The molecule has 0 aromatic heterocycles. The first kappa shape index (κ1) is 21.0. The topological polar surface area (TPSA) is 68.3 Å². The van der Waals surface area contributed by atoms with E-state index in [-0.39, 0.29) is 21.6 Å². The lowest BCUT2D eigenvalue weighted by molar-refractivity contribution is 0.449. The van der Waals surface area contributed by atoms with E-state index in [1.54, 1.807) is 72.8 Å². The largest absolute Gasteiger partial charge is 0.219 e. The molecule has 0 fully saturated rings. The van der Waals surface area contributed by atoms with Crippen LogP contribution in [-0.4, -0.2) is 26.5 Å². The predicted octanol–water partition coefficient (Wildman–Crippen LogP) is 4.88. The van der Waals surface area contributed by atoms with Gasteiger partial charge in [0.05, 0.1) is 29.3 Å². The van der Waals surface area contributed by atoms with Crippen LogP contribution in [0.4, 0.5) is 0 Å². The Hall–Kier alpha value is -1.22. The summed E-state index contributed by atoms with van der Waals surface area (Å²) in [5, 5.41) is 0. The molecule has 0 saturated carbocycles. The molecule has 0 aliphatic heterocycles. The molecule has 0 heterocycles. The Bertz CT molecular complexity index is 1090. The zero-order chi connectivity index (χ0) is 20.8. The quantitative estimate of drug-likeness (QED) is 0.502. The molecule has 4 rings (SSSR count). The molecule has 2 aromatic rings. The second-order valence-corrected chi connectivity index (χ2v) is 13.0. The summed E-state index contributed by atoms with van der Waals surface area (Å²) in [6.45, 7) is 0. The molecule has 0 amide bonds. The lowest BCUT2D eigenvalue weighted by atomic mass is 9.80. The van der Waals surface area contributed by atoms with Crippen LogP contribution in [0.5, 0.6) is 0 Å². The van der Waals surface area contributed by atoms with Gasteiger partial charge in [0.2, 0.25) is 19.7 Å². The minimum absolute atomic E-state index is 0.235. The van der Waals surface area contributed by atoms with Crippen LogP contribution < -0.4 is 0 Å². The van der Waals surface area contributed by atoms with Gasteiger partial charge in [-0.2, -0.15) is 0 Å². The molecule has 2 aliphatic carbocycles. The Kier molecular flexibility index (Phi) is 5.65. The fourth-order valence-electron chi connectivity index (χ4n) is 3.83. The molecule has 4 atom stereocenters. The van der Waals surface area contributed by atoms with Crippen molar-refractivity contribution in [3.8, 4) is 0 Å². The van der Waals surface area contributed by atoms with E-state index in [0.29, 0.717) is 16.2 Å². The Labute approximate surface area is 187 Å². The van der Waals surface area contributed by atoms with Gasteiger partial charge in [0.25, 0.3) is 0 Å². The van der Waals surface area contributed by atoms with Gasteiger partial charge in [-0.15, -0.1) is 0 Å². The van der Waals surface area contributed by atoms with Crippen molar-refractivity contribution in [3.63, 3.8) is 0 Å². The van der Waals surface area contributed by atoms with Gasteiger partial charge in [0.1, 0.15) is 0 Å². The summed E-state index contributed by atoms with van der Waals surface area (Å²) in [6.07, 6.45) is 4.10. The van der Waals surface area contributed by atoms with Gasteiger partial charge in [-0.3, -0.25) is 0 Å².